The third-order valence-electron chi connectivity index (χ3n) is 4.74. The minimum Gasteiger partial charge on any atom is -0.504 e. The number of ether oxygens (including phenoxy) is 1. The average molecular weight is 535 g/mol. The van der Waals surface area contributed by atoms with Crippen molar-refractivity contribution in [3.63, 3.8) is 0 Å². The number of nitrogens with one attached hydrogen (secondary N) is 2. The molecule has 3 rings (SSSR count). The predicted molar refractivity (Wildman–Crippen MR) is 135 cm³/mol. The van der Waals surface area contributed by atoms with Gasteiger partial charge in [-0.15, -0.1) is 24.0 Å². The number of para-hydroxylation sites is 1. The van der Waals surface area contributed by atoms with E-state index < -0.39 is 0 Å². The van der Waals surface area contributed by atoms with Crippen LogP contribution in [0, 0.1) is 0 Å². The van der Waals surface area contributed by atoms with Crippen LogP contribution in [0.4, 0.5) is 0 Å². The Bertz CT molecular complexity index is 975. The number of aromatic nitrogens is 2. The van der Waals surface area contributed by atoms with Crippen molar-refractivity contribution in [3.8, 4) is 22.8 Å². The highest BCUT2D eigenvalue weighted by Crippen LogP contribution is 2.29. The first-order valence-electron chi connectivity index (χ1n) is 10.1. The van der Waals surface area contributed by atoms with Crippen LogP contribution in [-0.2, 0) is 13.0 Å². The molecule has 1 aromatic heterocycles. The smallest absolute Gasteiger partial charge is 0.194 e. The SMILES string of the molecule is CCNC(=NCCc1cccc(OC)c1O)N(C)Cc1ncc(-c2ccccc2)[nH]1.I. The molecule has 166 valence electrons. The molecular weight excluding hydrogens is 505 g/mol. The predicted octanol–water partition coefficient (Wildman–Crippen LogP) is 4.05. The number of aromatic hydroxyl groups is 1. The van der Waals surface area contributed by atoms with E-state index in [4.69, 9.17) is 9.73 Å². The number of hydrogen-bond donors (Lipinski definition) is 3. The van der Waals surface area contributed by atoms with Crippen molar-refractivity contribution in [1.29, 1.82) is 0 Å². The number of rotatable bonds is 8. The van der Waals surface area contributed by atoms with Gasteiger partial charge in [0, 0.05) is 20.1 Å². The molecule has 0 bridgehead atoms. The Labute approximate surface area is 200 Å². The summed E-state index contributed by atoms with van der Waals surface area (Å²) in [7, 11) is 3.53. The van der Waals surface area contributed by atoms with Crippen LogP contribution in [0.1, 0.15) is 18.3 Å². The Hall–Kier alpha value is -2.75. The Kier molecular flexibility index (Phi) is 9.64. The maximum absolute atomic E-state index is 10.2. The number of phenolic OH excluding ortho intramolecular Hbond substituents is 1. The molecule has 7 nitrogen and oxygen atoms in total. The van der Waals surface area contributed by atoms with Crippen LogP contribution < -0.4 is 10.1 Å². The van der Waals surface area contributed by atoms with Gasteiger partial charge >= 0.3 is 0 Å². The van der Waals surface area contributed by atoms with E-state index in [1.54, 1.807) is 13.2 Å². The molecule has 1 heterocycles. The first kappa shape index (κ1) is 24.5. The van der Waals surface area contributed by atoms with Gasteiger partial charge in [-0.3, -0.25) is 4.99 Å². The molecule has 2 aromatic carbocycles. The van der Waals surface area contributed by atoms with Crippen LogP contribution in [0.5, 0.6) is 11.5 Å². The van der Waals surface area contributed by atoms with E-state index in [-0.39, 0.29) is 29.7 Å². The third-order valence-corrected chi connectivity index (χ3v) is 4.74. The Morgan fingerprint density at radius 2 is 1.97 bits per heavy atom. The number of aromatic amines is 1. The van der Waals surface area contributed by atoms with Crippen LogP contribution in [0.3, 0.4) is 0 Å². The topological polar surface area (TPSA) is 85.8 Å². The second-order valence-electron chi connectivity index (χ2n) is 6.92. The van der Waals surface area contributed by atoms with E-state index in [0.717, 1.165) is 35.1 Å². The van der Waals surface area contributed by atoms with Gasteiger partial charge in [0.15, 0.2) is 17.5 Å². The van der Waals surface area contributed by atoms with Crippen LogP contribution in [-0.4, -0.2) is 53.2 Å². The van der Waals surface area contributed by atoms with Gasteiger partial charge in [0.25, 0.3) is 0 Å². The van der Waals surface area contributed by atoms with E-state index >= 15 is 0 Å². The van der Waals surface area contributed by atoms with Crippen molar-refractivity contribution in [2.75, 3.05) is 27.2 Å². The first-order valence-corrected chi connectivity index (χ1v) is 10.1. The minimum absolute atomic E-state index is 0. The summed E-state index contributed by atoms with van der Waals surface area (Å²) in [6.45, 7) is 3.95. The van der Waals surface area contributed by atoms with Crippen molar-refractivity contribution in [2.24, 2.45) is 4.99 Å². The van der Waals surface area contributed by atoms with Crippen molar-refractivity contribution >= 4 is 29.9 Å². The highest BCUT2D eigenvalue weighted by atomic mass is 127. The summed E-state index contributed by atoms with van der Waals surface area (Å²) in [6.07, 6.45) is 2.47. The summed E-state index contributed by atoms with van der Waals surface area (Å²) in [5.41, 5.74) is 2.92. The lowest BCUT2D eigenvalue weighted by Gasteiger charge is -2.21. The number of halogens is 1. The van der Waals surface area contributed by atoms with Gasteiger partial charge in [-0.2, -0.15) is 0 Å². The Morgan fingerprint density at radius 3 is 2.68 bits per heavy atom. The number of imidazole rings is 1. The molecule has 0 saturated heterocycles. The van der Waals surface area contributed by atoms with E-state index in [2.05, 4.69) is 27.4 Å². The summed E-state index contributed by atoms with van der Waals surface area (Å²) in [5, 5.41) is 13.6. The van der Waals surface area contributed by atoms with Gasteiger partial charge in [-0.05, 0) is 30.5 Å². The van der Waals surface area contributed by atoms with E-state index in [1.807, 2.05) is 55.4 Å². The van der Waals surface area contributed by atoms with E-state index in [1.165, 1.54) is 0 Å². The average Bonchev–Trinajstić information content (AvgIpc) is 3.23. The molecular formula is C23H30IN5O2. The minimum atomic E-state index is 0. The molecule has 0 aliphatic rings. The van der Waals surface area contributed by atoms with Crippen LogP contribution >= 0.6 is 24.0 Å². The van der Waals surface area contributed by atoms with Gasteiger partial charge in [-0.25, -0.2) is 4.98 Å². The van der Waals surface area contributed by atoms with Crippen LogP contribution in [0.15, 0.2) is 59.7 Å². The zero-order valence-electron chi connectivity index (χ0n) is 18.1. The molecule has 0 amide bonds. The second kappa shape index (κ2) is 12.2. The summed E-state index contributed by atoms with van der Waals surface area (Å²) in [4.78, 5) is 14.6. The largest absolute Gasteiger partial charge is 0.504 e. The molecule has 0 saturated carbocycles. The first-order chi connectivity index (χ1) is 14.6. The fourth-order valence-corrected chi connectivity index (χ4v) is 3.19. The normalized spacial score (nSPS) is 11.0. The molecule has 0 aliphatic heterocycles. The zero-order valence-corrected chi connectivity index (χ0v) is 20.5. The van der Waals surface area contributed by atoms with Gasteiger partial charge in [0.2, 0.25) is 0 Å². The molecule has 0 spiro atoms. The number of methoxy groups -OCH3 is 1. The number of hydrogen-bond acceptors (Lipinski definition) is 4. The molecule has 3 N–H and O–H groups in total. The molecule has 0 atom stereocenters. The lowest BCUT2D eigenvalue weighted by atomic mass is 10.1. The molecule has 0 aliphatic carbocycles. The maximum Gasteiger partial charge on any atom is 0.194 e. The molecule has 0 unspecified atom stereocenters. The molecule has 8 heteroatoms. The van der Waals surface area contributed by atoms with E-state index in [9.17, 15) is 5.11 Å². The number of H-pyrrole nitrogens is 1. The fraction of sp³-hybridized carbons (Fsp3) is 0.304. The van der Waals surface area contributed by atoms with Crippen LogP contribution in [0.25, 0.3) is 11.3 Å². The third kappa shape index (κ3) is 6.61. The summed E-state index contributed by atoms with van der Waals surface area (Å²) < 4.78 is 5.17. The highest BCUT2D eigenvalue weighted by molar-refractivity contribution is 14.0. The zero-order chi connectivity index (χ0) is 21.3. The highest BCUT2D eigenvalue weighted by Gasteiger charge is 2.11. The van der Waals surface area contributed by atoms with Gasteiger partial charge in [-0.1, -0.05) is 42.5 Å². The Balaban J connectivity index is 0.00000341. The number of phenols is 1. The number of aliphatic imine (C=N–C) groups is 1. The van der Waals surface area contributed by atoms with E-state index in [0.29, 0.717) is 25.3 Å². The number of guanidine groups is 1. The maximum atomic E-state index is 10.2. The lowest BCUT2D eigenvalue weighted by molar-refractivity contribution is 0.370. The summed E-state index contributed by atoms with van der Waals surface area (Å²) >= 11 is 0. The van der Waals surface area contributed by atoms with Gasteiger partial charge < -0.3 is 25.0 Å². The monoisotopic (exact) mass is 535 g/mol. The molecule has 0 fully saturated rings. The summed E-state index contributed by atoms with van der Waals surface area (Å²) in [6, 6.07) is 15.6. The lowest BCUT2D eigenvalue weighted by Crippen LogP contribution is -2.38. The molecule has 3 aromatic rings. The van der Waals surface area contributed by atoms with Crippen molar-refractivity contribution < 1.29 is 9.84 Å². The summed E-state index contributed by atoms with van der Waals surface area (Å²) in [5.74, 6) is 2.31. The standard InChI is InChI=1S/C23H29N5O2.HI/c1-4-24-23(25-14-13-18-11-8-12-20(30-3)22(18)29)28(2)16-21-26-15-19(27-21)17-9-6-5-7-10-17;/h5-12,15,29H,4,13-14,16H2,1-3H3,(H,24,25)(H,26,27);1H. The van der Waals surface area contributed by atoms with Crippen LogP contribution in [0.2, 0.25) is 0 Å². The number of benzene rings is 2. The Morgan fingerprint density at radius 1 is 1.19 bits per heavy atom. The quantitative estimate of drug-likeness (QED) is 0.230. The van der Waals surface area contributed by atoms with Gasteiger partial charge in [0.05, 0.1) is 25.5 Å². The fourth-order valence-electron chi connectivity index (χ4n) is 3.19. The van der Waals surface area contributed by atoms with Crippen molar-refractivity contribution in [2.45, 2.75) is 19.9 Å². The molecule has 0 radical (unpaired) electrons. The second-order valence-corrected chi connectivity index (χ2v) is 6.92. The number of nitrogens with zero attached hydrogens (tertiary/aromatic N) is 3. The van der Waals surface area contributed by atoms with Crippen molar-refractivity contribution in [1.82, 2.24) is 20.2 Å². The molecule has 31 heavy (non-hydrogen) atoms. The van der Waals surface area contributed by atoms with Gasteiger partial charge in [0.1, 0.15) is 5.82 Å². The van der Waals surface area contributed by atoms with Crippen molar-refractivity contribution in [3.05, 3.63) is 66.1 Å².